The minimum Gasteiger partial charge on any atom is -0.394 e. The SMILES string of the molecule is O=C(NC(CO)Cc1ccccc1)n1ccnc1. The molecule has 0 saturated carbocycles. The first-order valence-electron chi connectivity index (χ1n) is 5.73. The Hall–Kier alpha value is -2.14. The minimum absolute atomic E-state index is 0.102. The molecule has 1 heterocycles. The van der Waals surface area contributed by atoms with Crippen LogP contribution in [-0.4, -0.2) is 33.3 Å². The number of benzene rings is 1. The van der Waals surface area contributed by atoms with Gasteiger partial charge in [-0.25, -0.2) is 9.78 Å². The molecule has 5 nitrogen and oxygen atoms in total. The standard InChI is InChI=1S/C13H15N3O2/c17-9-12(8-11-4-2-1-3-5-11)15-13(18)16-7-6-14-10-16/h1-7,10,12,17H,8-9H2,(H,15,18). The second-order valence-corrected chi connectivity index (χ2v) is 3.99. The Kier molecular flexibility index (Phi) is 4.09. The topological polar surface area (TPSA) is 67.2 Å². The summed E-state index contributed by atoms with van der Waals surface area (Å²) in [5.74, 6) is 0. The Morgan fingerprint density at radius 3 is 2.78 bits per heavy atom. The summed E-state index contributed by atoms with van der Waals surface area (Å²) in [5, 5.41) is 12.0. The van der Waals surface area contributed by atoms with Gasteiger partial charge in [-0.05, 0) is 12.0 Å². The zero-order chi connectivity index (χ0) is 12.8. The highest BCUT2D eigenvalue weighted by molar-refractivity contribution is 5.76. The lowest BCUT2D eigenvalue weighted by atomic mass is 10.1. The van der Waals surface area contributed by atoms with Gasteiger partial charge in [0.1, 0.15) is 6.33 Å². The first kappa shape index (κ1) is 12.3. The van der Waals surface area contributed by atoms with Crippen molar-refractivity contribution < 1.29 is 9.90 Å². The summed E-state index contributed by atoms with van der Waals surface area (Å²) in [6.07, 6.45) is 5.11. The summed E-state index contributed by atoms with van der Waals surface area (Å²) < 4.78 is 1.34. The number of hydrogen-bond donors (Lipinski definition) is 2. The molecule has 0 radical (unpaired) electrons. The van der Waals surface area contributed by atoms with Crippen LogP contribution in [0.5, 0.6) is 0 Å². The van der Waals surface area contributed by atoms with Gasteiger partial charge in [0.25, 0.3) is 0 Å². The van der Waals surface area contributed by atoms with E-state index in [2.05, 4.69) is 10.3 Å². The van der Waals surface area contributed by atoms with Crippen LogP contribution >= 0.6 is 0 Å². The Bertz CT molecular complexity index is 482. The van der Waals surface area contributed by atoms with Gasteiger partial charge < -0.3 is 10.4 Å². The molecule has 18 heavy (non-hydrogen) atoms. The summed E-state index contributed by atoms with van der Waals surface area (Å²) in [4.78, 5) is 15.6. The fourth-order valence-corrected chi connectivity index (χ4v) is 1.69. The van der Waals surface area contributed by atoms with Crippen molar-refractivity contribution in [3.8, 4) is 0 Å². The van der Waals surface area contributed by atoms with E-state index in [9.17, 15) is 9.90 Å². The van der Waals surface area contributed by atoms with Crippen molar-refractivity contribution in [2.45, 2.75) is 12.5 Å². The molecule has 0 aliphatic carbocycles. The van der Waals surface area contributed by atoms with E-state index in [1.807, 2.05) is 30.3 Å². The maximum Gasteiger partial charge on any atom is 0.327 e. The number of aliphatic hydroxyl groups excluding tert-OH is 1. The Balaban J connectivity index is 1.96. The molecule has 0 spiro atoms. The molecule has 0 bridgehead atoms. The van der Waals surface area contributed by atoms with E-state index in [1.165, 1.54) is 17.1 Å². The van der Waals surface area contributed by atoms with Gasteiger partial charge in [0, 0.05) is 12.4 Å². The number of aliphatic hydroxyl groups is 1. The van der Waals surface area contributed by atoms with Crippen LogP contribution in [0.2, 0.25) is 0 Å². The number of nitrogens with one attached hydrogen (secondary N) is 1. The zero-order valence-corrected chi connectivity index (χ0v) is 9.86. The van der Waals surface area contributed by atoms with E-state index >= 15 is 0 Å². The summed E-state index contributed by atoms with van der Waals surface area (Å²) in [6, 6.07) is 9.13. The Morgan fingerprint density at radius 2 is 2.17 bits per heavy atom. The molecular weight excluding hydrogens is 230 g/mol. The first-order chi connectivity index (χ1) is 8.79. The van der Waals surface area contributed by atoms with Gasteiger partial charge in [0.05, 0.1) is 12.6 Å². The van der Waals surface area contributed by atoms with Gasteiger partial charge in [-0.3, -0.25) is 4.57 Å². The molecule has 2 rings (SSSR count). The summed E-state index contributed by atoms with van der Waals surface area (Å²) in [5.41, 5.74) is 1.07. The predicted molar refractivity (Wildman–Crippen MR) is 67.2 cm³/mol. The molecule has 2 N–H and O–H groups in total. The lowest BCUT2D eigenvalue weighted by Gasteiger charge is -2.16. The van der Waals surface area contributed by atoms with Crippen molar-refractivity contribution >= 4 is 6.03 Å². The highest BCUT2D eigenvalue weighted by Gasteiger charge is 2.12. The molecular formula is C13H15N3O2. The summed E-state index contributed by atoms with van der Waals surface area (Å²) in [6.45, 7) is -0.102. The third kappa shape index (κ3) is 3.18. The first-order valence-corrected chi connectivity index (χ1v) is 5.73. The molecule has 0 aliphatic rings. The molecule has 2 aromatic rings. The third-order valence-electron chi connectivity index (χ3n) is 2.61. The van der Waals surface area contributed by atoms with Crippen molar-refractivity contribution in [2.75, 3.05) is 6.61 Å². The molecule has 1 aromatic carbocycles. The second-order valence-electron chi connectivity index (χ2n) is 3.99. The fourth-order valence-electron chi connectivity index (χ4n) is 1.69. The average Bonchev–Trinajstić information content (AvgIpc) is 2.93. The molecule has 0 fully saturated rings. The number of hydrogen-bond acceptors (Lipinski definition) is 3. The van der Waals surface area contributed by atoms with E-state index in [0.29, 0.717) is 6.42 Å². The number of imidazole rings is 1. The normalized spacial score (nSPS) is 12.1. The number of aromatic nitrogens is 2. The van der Waals surface area contributed by atoms with Crippen LogP contribution in [0.4, 0.5) is 4.79 Å². The van der Waals surface area contributed by atoms with E-state index in [-0.39, 0.29) is 18.7 Å². The monoisotopic (exact) mass is 245 g/mol. The van der Waals surface area contributed by atoms with E-state index in [4.69, 9.17) is 0 Å². The third-order valence-corrected chi connectivity index (χ3v) is 2.61. The zero-order valence-electron chi connectivity index (χ0n) is 9.86. The van der Waals surface area contributed by atoms with Crippen molar-refractivity contribution in [3.63, 3.8) is 0 Å². The molecule has 1 unspecified atom stereocenters. The molecule has 5 heteroatoms. The molecule has 94 valence electrons. The van der Waals surface area contributed by atoms with Crippen LogP contribution in [0.25, 0.3) is 0 Å². The van der Waals surface area contributed by atoms with Gasteiger partial charge >= 0.3 is 6.03 Å². The van der Waals surface area contributed by atoms with Crippen LogP contribution in [0, 0.1) is 0 Å². The Morgan fingerprint density at radius 1 is 1.39 bits per heavy atom. The average molecular weight is 245 g/mol. The quantitative estimate of drug-likeness (QED) is 0.846. The second kappa shape index (κ2) is 5.97. The van der Waals surface area contributed by atoms with Crippen LogP contribution in [-0.2, 0) is 6.42 Å². The van der Waals surface area contributed by atoms with E-state index < -0.39 is 0 Å². The van der Waals surface area contributed by atoms with E-state index in [0.717, 1.165) is 5.56 Å². The van der Waals surface area contributed by atoms with Crippen molar-refractivity contribution in [1.29, 1.82) is 0 Å². The van der Waals surface area contributed by atoms with Crippen LogP contribution in [0.15, 0.2) is 49.1 Å². The maximum atomic E-state index is 11.8. The van der Waals surface area contributed by atoms with Gasteiger partial charge in [-0.1, -0.05) is 30.3 Å². The van der Waals surface area contributed by atoms with Crippen molar-refractivity contribution in [3.05, 3.63) is 54.6 Å². The van der Waals surface area contributed by atoms with Crippen LogP contribution in [0.1, 0.15) is 5.56 Å². The van der Waals surface area contributed by atoms with Crippen LogP contribution in [0.3, 0.4) is 0 Å². The molecule has 0 aliphatic heterocycles. The van der Waals surface area contributed by atoms with Gasteiger partial charge in [0.2, 0.25) is 0 Å². The smallest absolute Gasteiger partial charge is 0.327 e. The highest BCUT2D eigenvalue weighted by atomic mass is 16.3. The summed E-state index contributed by atoms with van der Waals surface area (Å²) >= 11 is 0. The maximum absolute atomic E-state index is 11.8. The van der Waals surface area contributed by atoms with Crippen molar-refractivity contribution in [1.82, 2.24) is 14.9 Å². The lowest BCUT2D eigenvalue weighted by Crippen LogP contribution is -2.41. The summed E-state index contributed by atoms with van der Waals surface area (Å²) in [7, 11) is 0. The highest BCUT2D eigenvalue weighted by Crippen LogP contribution is 2.03. The largest absolute Gasteiger partial charge is 0.394 e. The molecule has 0 saturated heterocycles. The van der Waals surface area contributed by atoms with Gasteiger partial charge in [-0.15, -0.1) is 0 Å². The van der Waals surface area contributed by atoms with E-state index in [1.54, 1.807) is 6.20 Å². The minimum atomic E-state index is -0.303. The van der Waals surface area contributed by atoms with Crippen LogP contribution < -0.4 is 5.32 Å². The lowest BCUT2D eigenvalue weighted by molar-refractivity contribution is 0.217. The molecule has 1 amide bonds. The number of carbonyl (C=O) groups excluding carboxylic acids is 1. The van der Waals surface area contributed by atoms with Gasteiger partial charge in [-0.2, -0.15) is 0 Å². The predicted octanol–water partition coefficient (Wildman–Crippen LogP) is 1.04. The molecule has 1 atom stereocenters. The van der Waals surface area contributed by atoms with Gasteiger partial charge in [0.15, 0.2) is 0 Å². The number of carbonyl (C=O) groups is 1. The number of amides is 1. The van der Waals surface area contributed by atoms with Crippen molar-refractivity contribution in [2.24, 2.45) is 0 Å². The number of rotatable bonds is 4. The number of nitrogens with zero attached hydrogens (tertiary/aromatic N) is 2. The molecule has 1 aromatic heterocycles. The fraction of sp³-hybridized carbons (Fsp3) is 0.231. The Labute approximate surface area is 105 Å².